The summed E-state index contributed by atoms with van der Waals surface area (Å²) in [6.07, 6.45) is 1.04. The molecule has 0 atom stereocenters. The smallest absolute Gasteiger partial charge is 0.273 e. The highest BCUT2D eigenvalue weighted by atomic mass is 19.1. The monoisotopic (exact) mass is 428 g/mol. The Bertz CT molecular complexity index is 1140. The largest absolute Gasteiger partial charge is 0.436 e. The van der Waals surface area contributed by atoms with E-state index in [1.165, 1.54) is 20.2 Å². The molecule has 3 aromatic rings. The molecule has 8 nitrogen and oxygen atoms in total. The molecule has 2 aromatic carbocycles. The van der Waals surface area contributed by atoms with E-state index >= 15 is 0 Å². The van der Waals surface area contributed by atoms with E-state index < -0.39 is 23.4 Å². The van der Waals surface area contributed by atoms with Crippen molar-refractivity contribution >= 4 is 11.6 Å². The maximum atomic E-state index is 15.0. The molecular weight excluding hydrogens is 410 g/mol. The number of ether oxygens (including phenoxy) is 2. The number of aryl methyl sites for hydroxylation is 1. The standard InChI is InChI=1S/C21H18F2N4O4/c1-12-6-4-5-7-15(12)30-20-17(23)21(26-11-25-20)31-16-10-13(22)8-9-14(16)18(27-29-3)19(28)24-2/h4-11H,1-3H3,(H,24,28)/b27-18+. The lowest BCUT2D eigenvalue weighted by atomic mass is 10.1. The Kier molecular flexibility index (Phi) is 6.71. The van der Waals surface area contributed by atoms with Gasteiger partial charge in [-0.15, -0.1) is 0 Å². The average Bonchev–Trinajstić information content (AvgIpc) is 2.76. The first kappa shape index (κ1) is 21.6. The van der Waals surface area contributed by atoms with Crippen molar-refractivity contribution in [1.82, 2.24) is 15.3 Å². The van der Waals surface area contributed by atoms with Crippen molar-refractivity contribution in [3.05, 3.63) is 71.6 Å². The lowest BCUT2D eigenvalue weighted by Gasteiger charge is -2.13. The number of hydrogen-bond donors (Lipinski definition) is 1. The first-order chi connectivity index (χ1) is 14.9. The van der Waals surface area contributed by atoms with Gasteiger partial charge in [0, 0.05) is 13.1 Å². The number of aromatic nitrogens is 2. The number of oxime groups is 1. The van der Waals surface area contributed by atoms with Crippen LogP contribution in [0.15, 0.2) is 53.9 Å². The third kappa shape index (κ3) is 4.92. The summed E-state index contributed by atoms with van der Waals surface area (Å²) in [7, 11) is 2.63. The van der Waals surface area contributed by atoms with E-state index in [-0.39, 0.29) is 22.9 Å². The van der Waals surface area contributed by atoms with Gasteiger partial charge in [0.05, 0.1) is 5.56 Å². The zero-order valence-electron chi connectivity index (χ0n) is 16.8. The van der Waals surface area contributed by atoms with Crippen LogP contribution in [0.2, 0.25) is 0 Å². The molecule has 0 aliphatic carbocycles. The molecule has 1 amide bonds. The van der Waals surface area contributed by atoms with Crippen molar-refractivity contribution in [2.45, 2.75) is 6.92 Å². The summed E-state index contributed by atoms with van der Waals surface area (Å²) in [5.41, 5.74) is 0.620. The van der Waals surface area contributed by atoms with Crippen LogP contribution in [0.1, 0.15) is 11.1 Å². The van der Waals surface area contributed by atoms with Gasteiger partial charge in [-0.2, -0.15) is 14.4 Å². The van der Waals surface area contributed by atoms with Crippen LogP contribution >= 0.6 is 0 Å². The van der Waals surface area contributed by atoms with Gasteiger partial charge in [0.15, 0.2) is 5.71 Å². The maximum Gasteiger partial charge on any atom is 0.273 e. The van der Waals surface area contributed by atoms with E-state index in [1.54, 1.807) is 25.1 Å². The van der Waals surface area contributed by atoms with Crippen LogP contribution in [0, 0.1) is 18.6 Å². The van der Waals surface area contributed by atoms with Crippen molar-refractivity contribution in [2.75, 3.05) is 14.2 Å². The Balaban J connectivity index is 2.00. The van der Waals surface area contributed by atoms with Crippen molar-refractivity contribution in [1.29, 1.82) is 0 Å². The fraction of sp³-hybridized carbons (Fsp3) is 0.143. The molecule has 0 aliphatic heterocycles. The summed E-state index contributed by atoms with van der Waals surface area (Å²) < 4.78 is 39.9. The van der Waals surface area contributed by atoms with Gasteiger partial charge in [0.25, 0.3) is 17.7 Å². The third-order valence-corrected chi connectivity index (χ3v) is 4.06. The van der Waals surface area contributed by atoms with Crippen molar-refractivity contribution < 1.29 is 27.9 Å². The van der Waals surface area contributed by atoms with Crippen LogP contribution in [0.5, 0.6) is 23.3 Å². The summed E-state index contributed by atoms with van der Waals surface area (Å²) in [6.45, 7) is 1.79. The Hall–Kier alpha value is -4.08. The lowest BCUT2D eigenvalue weighted by Crippen LogP contribution is -2.29. The van der Waals surface area contributed by atoms with Gasteiger partial charge in [-0.3, -0.25) is 4.79 Å². The number of nitrogens with zero attached hydrogens (tertiary/aromatic N) is 3. The molecule has 1 aromatic heterocycles. The highest BCUT2D eigenvalue weighted by molar-refractivity contribution is 6.45. The quantitative estimate of drug-likeness (QED) is 0.455. The minimum Gasteiger partial charge on any atom is -0.436 e. The molecule has 1 N–H and O–H groups in total. The first-order valence-electron chi connectivity index (χ1n) is 8.99. The van der Waals surface area contributed by atoms with Crippen LogP contribution in [0.4, 0.5) is 8.78 Å². The van der Waals surface area contributed by atoms with Crippen molar-refractivity contribution in [3.63, 3.8) is 0 Å². The van der Waals surface area contributed by atoms with Crippen LogP contribution in [-0.4, -0.2) is 35.7 Å². The predicted molar refractivity (Wildman–Crippen MR) is 107 cm³/mol. The highest BCUT2D eigenvalue weighted by Gasteiger charge is 2.22. The lowest BCUT2D eigenvalue weighted by molar-refractivity contribution is -0.114. The Labute approximate surface area is 176 Å². The molecule has 1 heterocycles. The number of nitrogens with one attached hydrogen (secondary N) is 1. The maximum absolute atomic E-state index is 15.0. The van der Waals surface area contributed by atoms with Crippen molar-refractivity contribution in [2.24, 2.45) is 5.16 Å². The fourth-order valence-corrected chi connectivity index (χ4v) is 2.56. The van der Waals surface area contributed by atoms with Crippen LogP contribution in [-0.2, 0) is 9.63 Å². The van der Waals surface area contributed by atoms with Gasteiger partial charge in [-0.1, -0.05) is 23.4 Å². The number of benzene rings is 2. The number of hydrogen-bond acceptors (Lipinski definition) is 7. The van der Waals surface area contributed by atoms with Gasteiger partial charge in [0.2, 0.25) is 5.82 Å². The van der Waals surface area contributed by atoms with Gasteiger partial charge in [0.1, 0.15) is 30.8 Å². The molecule has 0 spiro atoms. The summed E-state index contributed by atoms with van der Waals surface area (Å²) in [5, 5.41) is 6.04. The second-order valence-corrected chi connectivity index (χ2v) is 6.11. The number of halogens is 2. The van der Waals surface area contributed by atoms with E-state index in [9.17, 15) is 13.6 Å². The number of carbonyl (C=O) groups is 1. The number of likely N-dealkylation sites (N-methyl/N-ethyl adjacent to an activating group) is 1. The van der Waals surface area contributed by atoms with Gasteiger partial charge < -0.3 is 19.6 Å². The molecule has 10 heteroatoms. The Morgan fingerprint density at radius 2 is 1.71 bits per heavy atom. The minimum absolute atomic E-state index is 0.0574. The average molecular weight is 428 g/mol. The second-order valence-electron chi connectivity index (χ2n) is 6.11. The predicted octanol–water partition coefficient (Wildman–Crippen LogP) is 3.74. The molecule has 160 valence electrons. The highest BCUT2D eigenvalue weighted by Crippen LogP contribution is 2.32. The van der Waals surface area contributed by atoms with Gasteiger partial charge in [-0.25, -0.2) is 4.39 Å². The molecular formula is C21H18F2N4O4. The first-order valence-corrected chi connectivity index (χ1v) is 8.99. The normalized spacial score (nSPS) is 11.1. The second kappa shape index (κ2) is 9.61. The van der Waals surface area contributed by atoms with Crippen LogP contribution in [0.3, 0.4) is 0 Å². The molecule has 0 radical (unpaired) electrons. The van der Waals surface area contributed by atoms with Crippen molar-refractivity contribution in [3.8, 4) is 23.3 Å². The zero-order valence-corrected chi connectivity index (χ0v) is 16.8. The molecule has 0 bridgehead atoms. The number of carbonyl (C=O) groups excluding carboxylic acids is 1. The van der Waals surface area contributed by atoms with Crippen LogP contribution < -0.4 is 14.8 Å². The Morgan fingerprint density at radius 3 is 2.35 bits per heavy atom. The number of para-hydroxylation sites is 1. The SMILES string of the molecule is CNC(=O)/C(=N/OC)c1ccc(F)cc1Oc1ncnc(Oc2ccccc2C)c1F. The van der Waals surface area contributed by atoms with E-state index in [0.717, 1.165) is 24.0 Å². The molecule has 0 fully saturated rings. The number of rotatable bonds is 7. The summed E-state index contributed by atoms with van der Waals surface area (Å²) in [5.74, 6) is -3.03. The fourth-order valence-electron chi connectivity index (χ4n) is 2.56. The minimum atomic E-state index is -1.01. The van der Waals surface area contributed by atoms with E-state index in [4.69, 9.17) is 14.3 Å². The third-order valence-electron chi connectivity index (χ3n) is 4.06. The number of amides is 1. The summed E-state index contributed by atoms with van der Waals surface area (Å²) >= 11 is 0. The summed E-state index contributed by atoms with van der Waals surface area (Å²) in [6, 6.07) is 10.3. The van der Waals surface area contributed by atoms with Gasteiger partial charge >= 0.3 is 0 Å². The van der Waals surface area contributed by atoms with E-state index in [1.807, 2.05) is 6.07 Å². The van der Waals surface area contributed by atoms with Crippen LogP contribution in [0.25, 0.3) is 0 Å². The molecule has 0 unspecified atom stereocenters. The molecule has 0 saturated carbocycles. The van der Waals surface area contributed by atoms with Gasteiger partial charge in [-0.05, 0) is 30.7 Å². The van der Waals surface area contributed by atoms with E-state index in [2.05, 4.69) is 20.4 Å². The molecule has 0 aliphatic rings. The molecule has 0 saturated heterocycles. The topological polar surface area (TPSA) is 94.9 Å². The molecule has 31 heavy (non-hydrogen) atoms. The zero-order chi connectivity index (χ0) is 22.4. The Morgan fingerprint density at radius 1 is 1.03 bits per heavy atom. The van der Waals surface area contributed by atoms with E-state index in [0.29, 0.717) is 5.75 Å². The molecule has 3 rings (SSSR count). The summed E-state index contributed by atoms with van der Waals surface area (Å²) in [4.78, 5) is 24.4.